The van der Waals surface area contributed by atoms with Gasteiger partial charge in [-0.25, -0.2) is 13.1 Å². The minimum absolute atomic E-state index is 0.135. The van der Waals surface area contributed by atoms with E-state index in [2.05, 4.69) is 4.72 Å². The molecule has 2 aromatic carbocycles. The van der Waals surface area contributed by atoms with Gasteiger partial charge in [0.1, 0.15) is 5.25 Å². The molecule has 6 nitrogen and oxygen atoms in total. The number of ether oxygens (including phenoxy) is 1. The third kappa shape index (κ3) is 3.45. The van der Waals surface area contributed by atoms with Crippen LogP contribution in [0, 0.1) is 0 Å². The SMILES string of the molecule is COCCNS(=O)(=O)C1CON(C)C1c1ccc2ccccc2c1. The van der Waals surface area contributed by atoms with Crippen molar-refractivity contribution in [3.63, 3.8) is 0 Å². The summed E-state index contributed by atoms with van der Waals surface area (Å²) < 4.78 is 32.8. The van der Waals surface area contributed by atoms with Crippen molar-refractivity contribution in [3.8, 4) is 0 Å². The fourth-order valence-electron chi connectivity index (χ4n) is 3.07. The van der Waals surface area contributed by atoms with Crippen LogP contribution in [0.5, 0.6) is 0 Å². The Kier molecular flexibility index (Phi) is 5.17. The molecule has 1 N–H and O–H groups in total. The molecular weight excluding hydrogens is 328 g/mol. The number of hydrogen-bond acceptors (Lipinski definition) is 5. The van der Waals surface area contributed by atoms with E-state index in [0.29, 0.717) is 6.61 Å². The average Bonchev–Trinajstić information content (AvgIpc) is 2.97. The Morgan fingerprint density at radius 2 is 2.00 bits per heavy atom. The molecule has 0 aliphatic carbocycles. The van der Waals surface area contributed by atoms with Gasteiger partial charge in [0.05, 0.1) is 19.3 Å². The second-order valence-electron chi connectivity index (χ2n) is 5.86. The molecule has 130 valence electrons. The molecule has 2 atom stereocenters. The Morgan fingerprint density at radius 3 is 2.75 bits per heavy atom. The quantitative estimate of drug-likeness (QED) is 0.803. The Bertz CT molecular complexity index is 809. The van der Waals surface area contributed by atoms with Crippen molar-refractivity contribution in [3.05, 3.63) is 48.0 Å². The summed E-state index contributed by atoms with van der Waals surface area (Å²) in [5, 5.41) is 3.17. The first kappa shape index (κ1) is 17.3. The average molecular weight is 350 g/mol. The van der Waals surface area contributed by atoms with Crippen molar-refractivity contribution in [2.24, 2.45) is 0 Å². The Hall–Kier alpha value is -1.51. The van der Waals surface area contributed by atoms with Gasteiger partial charge in [-0.3, -0.25) is 4.84 Å². The summed E-state index contributed by atoms with van der Waals surface area (Å²) in [4.78, 5) is 5.52. The van der Waals surface area contributed by atoms with E-state index in [1.807, 2.05) is 42.5 Å². The summed E-state index contributed by atoms with van der Waals surface area (Å²) in [6, 6.07) is 13.7. The number of sulfonamides is 1. The van der Waals surface area contributed by atoms with E-state index in [9.17, 15) is 8.42 Å². The highest BCUT2D eigenvalue weighted by Crippen LogP contribution is 2.34. The first-order chi connectivity index (χ1) is 11.5. The van der Waals surface area contributed by atoms with Gasteiger partial charge >= 0.3 is 0 Å². The minimum Gasteiger partial charge on any atom is -0.383 e. The largest absolute Gasteiger partial charge is 0.383 e. The Balaban J connectivity index is 1.90. The highest BCUT2D eigenvalue weighted by Gasteiger charge is 2.43. The molecule has 1 fully saturated rings. The third-order valence-electron chi connectivity index (χ3n) is 4.31. The Morgan fingerprint density at radius 1 is 1.25 bits per heavy atom. The first-order valence-electron chi connectivity index (χ1n) is 7.85. The maximum atomic E-state index is 12.6. The van der Waals surface area contributed by atoms with Crippen LogP contribution in [0.2, 0.25) is 0 Å². The van der Waals surface area contributed by atoms with E-state index in [1.165, 1.54) is 0 Å². The molecule has 0 spiro atoms. The summed E-state index contributed by atoms with van der Waals surface area (Å²) >= 11 is 0. The van der Waals surface area contributed by atoms with Crippen molar-refractivity contribution < 1.29 is 18.0 Å². The van der Waals surface area contributed by atoms with Crippen LogP contribution in [0.1, 0.15) is 11.6 Å². The van der Waals surface area contributed by atoms with Gasteiger partial charge in [0.25, 0.3) is 0 Å². The molecule has 1 aliphatic heterocycles. The molecule has 0 amide bonds. The lowest BCUT2D eigenvalue weighted by Gasteiger charge is -2.23. The molecule has 2 unspecified atom stereocenters. The number of fused-ring (bicyclic) bond motifs is 1. The lowest BCUT2D eigenvalue weighted by molar-refractivity contribution is -0.110. The Labute approximate surface area is 142 Å². The number of benzene rings is 2. The molecule has 3 rings (SSSR count). The van der Waals surface area contributed by atoms with Crippen LogP contribution in [-0.2, 0) is 19.6 Å². The molecular formula is C17H22N2O4S. The van der Waals surface area contributed by atoms with E-state index < -0.39 is 15.3 Å². The van der Waals surface area contributed by atoms with Crippen LogP contribution in [0.3, 0.4) is 0 Å². The molecule has 24 heavy (non-hydrogen) atoms. The normalized spacial score (nSPS) is 22.2. The third-order valence-corrected chi connectivity index (χ3v) is 6.11. The fraction of sp³-hybridized carbons (Fsp3) is 0.412. The van der Waals surface area contributed by atoms with E-state index in [4.69, 9.17) is 9.57 Å². The number of rotatable bonds is 6. The molecule has 2 aromatic rings. The van der Waals surface area contributed by atoms with Crippen LogP contribution in [0.15, 0.2) is 42.5 Å². The van der Waals surface area contributed by atoms with Gasteiger partial charge in [-0.1, -0.05) is 36.4 Å². The van der Waals surface area contributed by atoms with E-state index in [0.717, 1.165) is 16.3 Å². The van der Waals surface area contributed by atoms with E-state index in [1.54, 1.807) is 19.2 Å². The molecule has 1 aliphatic rings. The van der Waals surface area contributed by atoms with Gasteiger partial charge in [-0.2, -0.15) is 5.06 Å². The van der Waals surface area contributed by atoms with E-state index in [-0.39, 0.29) is 19.2 Å². The minimum atomic E-state index is -3.51. The maximum Gasteiger partial charge on any atom is 0.218 e. The van der Waals surface area contributed by atoms with Crippen molar-refractivity contribution in [2.75, 3.05) is 33.9 Å². The van der Waals surface area contributed by atoms with Crippen LogP contribution in [0.25, 0.3) is 10.8 Å². The van der Waals surface area contributed by atoms with Gasteiger partial charge in [0.15, 0.2) is 0 Å². The van der Waals surface area contributed by atoms with Crippen LogP contribution in [0.4, 0.5) is 0 Å². The summed E-state index contributed by atoms with van der Waals surface area (Å²) in [6.45, 7) is 0.725. The lowest BCUT2D eigenvalue weighted by atomic mass is 10.0. The van der Waals surface area contributed by atoms with Gasteiger partial charge in [-0.05, 0) is 22.4 Å². The molecule has 0 aromatic heterocycles. The molecule has 0 saturated carbocycles. The number of methoxy groups -OCH3 is 1. The number of hydrogen-bond donors (Lipinski definition) is 1. The number of hydroxylamine groups is 2. The van der Waals surface area contributed by atoms with Crippen molar-refractivity contribution in [1.82, 2.24) is 9.79 Å². The summed E-state index contributed by atoms with van der Waals surface area (Å²) in [5.74, 6) is 0. The highest BCUT2D eigenvalue weighted by atomic mass is 32.2. The zero-order valence-corrected chi connectivity index (χ0v) is 14.6. The zero-order chi connectivity index (χ0) is 17.2. The van der Waals surface area contributed by atoms with Crippen LogP contribution >= 0.6 is 0 Å². The predicted octanol–water partition coefficient (Wildman–Crippen LogP) is 1.69. The van der Waals surface area contributed by atoms with E-state index >= 15 is 0 Å². The van der Waals surface area contributed by atoms with Crippen LogP contribution < -0.4 is 4.72 Å². The van der Waals surface area contributed by atoms with Crippen molar-refractivity contribution in [1.29, 1.82) is 0 Å². The number of nitrogens with zero attached hydrogens (tertiary/aromatic N) is 1. The summed E-state index contributed by atoms with van der Waals surface area (Å²) in [5.41, 5.74) is 0.927. The predicted molar refractivity (Wildman–Crippen MR) is 93.0 cm³/mol. The molecule has 7 heteroatoms. The molecule has 1 saturated heterocycles. The molecule has 1 heterocycles. The molecule has 0 bridgehead atoms. The second kappa shape index (κ2) is 7.16. The zero-order valence-electron chi connectivity index (χ0n) is 13.8. The standard InChI is InChI=1S/C17H22N2O4S/c1-19-17(15-8-7-13-5-3-4-6-14(13)11-15)16(12-23-19)24(20,21)18-9-10-22-2/h3-8,11,16-18H,9-10,12H2,1-2H3. The topological polar surface area (TPSA) is 67.9 Å². The summed E-state index contributed by atoms with van der Waals surface area (Å²) in [7, 11) is -0.204. The van der Waals surface area contributed by atoms with Gasteiger partial charge < -0.3 is 4.74 Å². The lowest BCUT2D eigenvalue weighted by Crippen LogP contribution is -2.40. The summed E-state index contributed by atoms with van der Waals surface area (Å²) in [6.07, 6.45) is 0. The first-order valence-corrected chi connectivity index (χ1v) is 9.39. The van der Waals surface area contributed by atoms with Crippen LogP contribution in [-0.4, -0.2) is 52.6 Å². The molecule has 0 radical (unpaired) electrons. The smallest absolute Gasteiger partial charge is 0.218 e. The fourth-order valence-corrected chi connectivity index (χ4v) is 4.56. The maximum absolute atomic E-state index is 12.6. The van der Waals surface area contributed by atoms with Crippen molar-refractivity contribution in [2.45, 2.75) is 11.3 Å². The van der Waals surface area contributed by atoms with Gasteiger partial charge in [0, 0.05) is 20.7 Å². The second-order valence-corrected chi connectivity index (χ2v) is 7.85. The number of nitrogens with one attached hydrogen (secondary N) is 1. The highest BCUT2D eigenvalue weighted by molar-refractivity contribution is 7.90. The van der Waals surface area contributed by atoms with Gasteiger partial charge in [-0.15, -0.1) is 0 Å². The van der Waals surface area contributed by atoms with Crippen molar-refractivity contribution >= 4 is 20.8 Å². The van der Waals surface area contributed by atoms with Gasteiger partial charge in [0.2, 0.25) is 10.0 Å². The monoisotopic (exact) mass is 350 g/mol.